The Morgan fingerprint density at radius 2 is 1.84 bits per heavy atom. The SMILES string of the molecule is CC1Oc2cc(N3CCCC3=O)ccc2-c2cnc(Nc3cncc(N4CCN(Cc5cccc(NC(=O)COC(N)=O)c5)C4=O)c3)cc21. The van der Waals surface area contributed by atoms with E-state index in [2.05, 4.69) is 25.3 Å². The van der Waals surface area contributed by atoms with Crippen molar-refractivity contribution in [2.24, 2.45) is 5.73 Å². The maximum Gasteiger partial charge on any atom is 0.405 e. The van der Waals surface area contributed by atoms with Crippen LogP contribution in [0.5, 0.6) is 5.75 Å². The van der Waals surface area contributed by atoms with Crippen molar-refractivity contribution in [2.75, 3.05) is 46.7 Å². The Bertz CT molecular complexity index is 1970. The Balaban J connectivity index is 1.01. The zero-order chi connectivity index (χ0) is 34.1. The Labute approximate surface area is 281 Å². The number of amides is 5. The van der Waals surface area contributed by atoms with Crippen LogP contribution in [-0.4, -0.2) is 65.0 Å². The lowest BCUT2D eigenvalue weighted by molar-refractivity contribution is -0.119. The maximum absolute atomic E-state index is 13.4. The topological polar surface area (TPSA) is 172 Å². The van der Waals surface area contributed by atoms with Gasteiger partial charge in [0.25, 0.3) is 5.91 Å². The van der Waals surface area contributed by atoms with Crippen LogP contribution in [0.4, 0.5) is 38.2 Å². The average Bonchev–Trinajstić information content (AvgIpc) is 3.68. The molecule has 3 aliphatic heterocycles. The normalized spacial score (nSPS) is 16.6. The predicted molar refractivity (Wildman–Crippen MR) is 182 cm³/mol. The van der Waals surface area contributed by atoms with Crippen LogP contribution in [0.3, 0.4) is 0 Å². The van der Waals surface area contributed by atoms with Gasteiger partial charge in [0.1, 0.15) is 17.7 Å². The third-order valence-corrected chi connectivity index (χ3v) is 8.65. The second-order valence-electron chi connectivity index (χ2n) is 12.0. The lowest BCUT2D eigenvalue weighted by Crippen LogP contribution is -2.31. The molecule has 4 N–H and O–H groups in total. The van der Waals surface area contributed by atoms with Crippen molar-refractivity contribution in [1.29, 1.82) is 0 Å². The number of nitrogens with zero attached hydrogens (tertiary/aromatic N) is 5. The van der Waals surface area contributed by atoms with Crippen LogP contribution >= 0.6 is 0 Å². The van der Waals surface area contributed by atoms with Crippen LogP contribution in [0, 0.1) is 0 Å². The Morgan fingerprint density at radius 3 is 2.65 bits per heavy atom. The number of rotatable bonds is 9. The van der Waals surface area contributed by atoms with Gasteiger partial charge in [-0.1, -0.05) is 12.1 Å². The van der Waals surface area contributed by atoms with Gasteiger partial charge in [0.15, 0.2) is 6.61 Å². The summed E-state index contributed by atoms with van der Waals surface area (Å²) in [6.07, 6.45) is 5.31. The van der Waals surface area contributed by atoms with Crippen molar-refractivity contribution in [2.45, 2.75) is 32.4 Å². The number of carbonyl (C=O) groups is 4. The van der Waals surface area contributed by atoms with Crippen LogP contribution in [0.15, 0.2) is 73.2 Å². The van der Waals surface area contributed by atoms with Gasteiger partial charge in [0.2, 0.25) is 5.91 Å². The molecule has 250 valence electrons. The summed E-state index contributed by atoms with van der Waals surface area (Å²) in [5, 5.41) is 5.97. The molecule has 0 radical (unpaired) electrons. The number of primary amides is 1. The minimum atomic E-state index is -1.03. The summed E-state index contributed by atoms with van der Waals surface area (Å²) >= 11 is 0. The van der Waals surface area contributed by atoms with Gasteiger partial charge in [-0.2, -0.15) is 0 Å². The zero-order valence-electron chi connectivity index (χ0n) is 26.7. The number of aromatic nitrogens is 2. The number of hydrogen-bond donors (Lipinski definition) is 3. The summed E-state index contributed by atoms with van der Waals surface area (Å²) in [6.45, 7) is 3.53. The third kappa shape index (κ3) is 6.66. The molecule has 4 aromatic rings. The van der Waals surface area contributed by atoms with Crippen molar-refractivity contribution < 1.29 is 28.7 Å². The van der Waals surface area contributed by atoms with Crippen molar-refractivity contribution in [3.8, 4) is 16.9 Å². The van der Waals surface area contributed by atoms with Crippen molar-refractivity contribution in [3.05, 3.63) is 84.3 Å². The third-order valence-electron chi connectivity index (χ3n) is 8.65. The molecule has 49 heavy (non-hydrogen) atoms. The summed E-state index contributed by atoms with van der Waals surface area (Å²) < 4.78 is 10.8. The lowest BCUT2D eigenvalue weighted by atomic mass is 9.94. The van der Waals surface area contributed by atoms with Crippen LogP contribution in [-0.2, 0) is 20.9 Å². The Kier molecular flexibility index (Phi) is 8.43. The van der Waals surface area contributed by atoms with E-state index < -0.39 is 18.6 Å². The molecule has 5 amide bonds. The summed E-state index contributed by atoms with van der Waals surface area (Å²) in [5.41, 5.74) is 11.3. The second-order valence-corrected chi connectivity index (χ2v) is 12.0. The number of fused-ring (bicyclic) bond motifs is 3. The number of ether oxygens (including phenoxy) is 2. The van der Waals surface area contributed by atoms with Gasteiger partial charge in [-0.25, -0.2) is 14.6 Å². The smallest absolute Gasteiger partial charge is 0.405 e. The predicted octanol–water partition coefficient (Wildman–Crippen LogP) is 4.94. The molecule has 2 saturated heterocycles. The first-order valence-electron chi connectivity index (χ1n) is 15.9. The van der Waals surface area contributed by atoms with Gasteiger partial charge in [-0.05, 0) is 55.3 Å². The highest BCUT2D eigenvalue weighted by atomic mass is 16.5. The lowest BCUT2D eigenvalue weighted by Gasteiger charge is -2.28. The van der Waals surface area contributed by atoms with E-state index in [4.69, 9.17) is 10.5 Å². The summed E-state index contributed by atoms with van der Waals surface area (Å²) in [4.78, 5) is 62.7. The number of carbonyl (C=O) groups excluding carboxylic acids is 4. The van der Waals surface area contributed by atoms with Crippen LogP contribution < -0.4 is 30.9 Å². The number of benzene rings is 2. The molecule has 5 heterocycles. The average molecular weight is 663 g/mol. The largest absolute Gasteiger partial charge is 0.485 e. The summed E-state index contributed by atoms with van der Waals surface area (Å²) in [6, 6.07) is 16.6. The highest BCUT2D eigenvalue weighted by molar-refractivity contribution is 5.97. The number of urea groups is 1. The van der Waals surface area contributed by atoms with E-state index in [1.807, 2.05) is 49.5 Å². The number of hydrogen-bond acceptors (Lipinski definition) is 9. The molecule has 1 unspecified atom stereocenters. The van der Waals surface area contributed by atoms with E-state index >= 15 is 0 Å². The van der Waals surface area contributed by atoms with Gasteiger partial charge in [-0.15, -0.1) is 0 Å². The number of nitrogens with two attached hydrogens (primary N) is 1. The first-order valence-corrected chi connectivity index (χ1v) is 15.9. The van der Waals surface area contributed by atoms with E-state index in [0.717, 1.165) is 46.7 Å². The van der Waals surface area contributed by atoms with Gasteiger partial charge in [0, 0.05) is 72.9 Å². The summed E-state index contributed by atoms with van der Waals surface area (Å²) in [5.74, 6) is 0.949. The highest BCUT2D eigenvalue weighted by Gasteiger charge is 2.31. The van der Waals surface area contributed by atoms with Crippen molar-refractivity contribution in [1.82, 2.24) is 14.9 Å². The Hall–Kier alpha value is -6.18. The molecule has 14 nitrogen and oxygen atoms in total. The molecule has 0 saturated carbocycles. The highest BCUT2D eigenvalue weighted by Crippen LogP contribution is 2.44. The van der Waals surface area contributed by atoms with Gasteiger partial charge in [-0.3, -0.25) is 19.5 Å². The fraction of sp³-hybridized carbons (Fsp3) is 0.257. The van der Waals surface area contributed by atoms with Crippen LogP contribution in [0.2, 0.25) is 0 Å². The van der Waals surface area contributed by atoms with E-state index in [-0.39, 0.29) is 18.0 Å². The van der Waals surface area contributed by atoms with E-state index in [1.54, 1.807) is 45.3 Å². The first-order chi connectivity index (χ1) is 23.7. The molecule has 14 heteroatoms. The van der Waals surface area contributed by atoms with Crippen molar-refractivity contribution >= 4 is 52.5 Å². The zero-order valence-corrected chi connectivity index (χ0v) is 26.7. The quantitative estimate of drug-likeness (QED) is 0.224. The van der Waals surface area contributed by atoms with Crippen molar-refractivity contribution in [3.63, 3.8) is 0 Å². The fourth-order valence-corrected chi connectivity index (χ4v) is 6.34. The van der Waals surface area contributed by atoms with E-state index in [1.165, 1.54) is 0 Å². The monoisotopic (exact) mass is 662 g/mol. The van der Waals surface area contributed by atoms with Crippen LogP contribution in [0.1, 0.15) is 37.0 Å². The number of pyridine rings is 2. The molecule has 0 bridgehead atoms. The molecule has 0 aliphatic carbocycles. The minimum absolute atomic E-state index is 0.133. The molecule has 2 fully saturated rings. The molecular weight excluding hydrogens is 628 g/mol. The van der Waals surface area contributed by atoms with Gasteiger partial charge >= 0.3 is 12.1 Å². The molecule has 7 rings (SSSR count). The van der Waals surface area contributed by atoms with Crippen LogP contribution in [0.25, 0.3) is 11.1 Å². The fourth-order valence-electron chi connectivity index (χ4n) is 6.34. The second kappa shape index (κ2) is 13.1. The first kappa shape index (κ1) is 31.4. The molecule has 2 aromatic heterocycles. The molecule has 1 atom stereocenters. The van der Waals surface area contributed by atoms with E-state index in [9.17, 15) is 19.2 Å². The number of nitrogens with one attached hydrogen (secondary N) is 2. The molecule has 2 aromatic carbocycles. The summed E-state index contributed by atoms with van der Waals surface area (Å²) in [7, 11) is 0. The maximum atomic E-state index is 13.4. The minimum Gasteiger partial charge on any atom is -0.485 e. The molecule has 3 aliphatic rings. The molecule has 0 spiro atoms. The molecular formula is C35H34N8O6. The van der Waals surface area contributed by atoms with E-state index in [0.29, 0.717) is 48.9 Å². The Morgan fingerprint density at radius 1 is 0.959 bits per heavy atom. The standard InChI is InChI=1S/C35H34N8O6/c1-21-28-15-31(38-18-29(28)27-8-7-25(14-30(27)49-21)42-9-3-6-33(42)45)39-24-13-26(17-37-16-24)43-11-10-41(35(43)47)19-22-4-2-5-23(12-22)40-32(44)20-48-34(36)46/h2,4-5,7-8,12-18,21H,3,6,9-11,19-20H2,1H3,(H2,36,46)(H,38,39)(H,40,44). The number of anilines is 5. The van der Waals surface area contributed by atoms with Gasteiger partial charge in [0.05, 0.1) is 23.8 Å². The van der Waals surface area contributed by atoms with Gasteiger partial charge < -0.3 is 35.6 Å².